The number of rotatable bonds is 3. The Bertz CT molecular complexity index is 1390. The van der Waals surface area contributed by atoms with E-state index in [1.165, 1.54) is 11.1 Å². The summed E-state index contributed by atoms with van der Waals surface area (Å²) in [4.78, 5) is 39.6. The molecule has 2 saturated heterocycles. The summed E-state index contributed by atoms with van der Waals surface area (Å²) >= 11 is 0. The summed E-state index contributed by atoms with van der Waals surface area (Å²) in [6.07, 6.45) is 8.49. The van der Waals surface area contributed by atoms with Gasteiger partial charge in [0.1, 0.15) is 18.2 Å². The number of nitrogens with zero attached hydrogens (tertiary/aromatic N) is 3. The van der Waals surface area contributed by atoms with Gasteiger partial charge in [-0.1, -0.05) is 30.7 Å². The van der Waals surface area contributed by atoms with Crippen molar-refractivity contribution in [3.8, 4) is 5.75 Å². The minimum Gasteiger partial charge on any atom is -0.491 e. The van der Waals surface area contributed by atoms with Crippen LogP contribution in [-0.4, -0.2) is 63.9 Å². The van der Waals surface area contributed by atoms with Gasteiger partial charge in [-0.25, -0.2) is 4.98 Å². The van der Waals surface area contributed by atoms with Crippen molar-refractivity contribution in [2.24, 2.45) is 5.41 Å². The van der Waals surface area contributed by atoms with Crippen LogP contribution in [-0.2, 0) is 22.4 Å². The fraction of sp³-hybridized carbons (Fsp3) is 0.545. The number of hydrogen-bond donors (Lipinski definition) is 1. The lowest BCUT2D eigenvalue weighted by molar-refractivity contribution is -0.150. The van der Waals surface area contributed by atoms with E-state index in [-0.39, 0.29) is 17.4 Å². The highest BCUT2D eigenvalue weighted by Gasteiger charge is 2.46. The topological polar surface area (TPSA) is 78.5 Å². The molecule has 4 heterocycles. The number of H-pyrrole nitrogens is 1. The molecule has 0 aliphatic carbocycles. The Morgan fingerprint density at radius 2 is 1.90 bits per heavy atom. The van der Waals surface area contributed by atoms with E-state index in [0.29, 0.717) is 38.4 Å². The molecule has 0 radical (unpaired) electrons. The molecule has 3 aromatic rings. The molecular formula is C33H42N4O3. The van der Waals surface area contributed by atoms with Crippen LogP contribution in [0.3, 0.4) is 0 Å². The van der Waals surface area contributed by atoms with Gasteiger partial charge in [0.15, 0.2) is 0 Å². The highest BCUT2D eigenvalue weighted by molar-refractivity contribution is 5.84. The highest BCUT2D eigenvalue weighted by Crippen LogP contribution is 2.41. The summed E-state index contributed by atoms with van der Waals surface area (Å²) in [5.74, 6) is 2.29. The van der Waals surface area contributed by atoms with Gasteiger partial charge in [-0.3, -0.25) is 9.59 Å². The number of carbonyl (C=O) groups excluding carboxylic acids is 2. The smallest absolute Gasteiger partial charge is 0.229 e. The monoisotopic (exact) mass is 542 g/mol. The van der Waals surface area contributed by atoms with E-state index in [4.69, 9.17) is 9.72 Å². The minimum absolute atomic E-state index is 0.132. The van der Waals surface area contributed by atoms with Crippen LogP contribution >= 0.6 is 0 Å². The molecule has 2 amide bonds. The predicted octanol–water partition coefficient (Wildman–Crippen LogP) is 5.52. The lowest BCUT2D eigenvalue weighted by Crippen LogP contribution is -2.53. The zero-order valence-corrected chi connectivity index (χ0v) is 24.0. The van der Waals surface area contributed by atoms with Gasteiger partial charge < -0.3 is 19.5 Å². The third-order valence-electron chi connectivity index (χ3n) is 9.47. The number of ether oxygens (including phenoxy) is 1. The van der Waals surface area contributed by atoms with Crippen LogP contribution in [0.1, 0.15) is 73.9 Å². The Morgan fingerprint density at radius 3 is 2.75 bits per heavy atom. The lowest BCUT2D eigenvalue weighted by Gasteiger charge is -2.44. The number of fused-ring (bicyclic) bond motifs is 3. The number of imidazole rings is 1. The molecule has 3 aliphatic heterocycles. The number of likely N-dealkylation sites (tertiary alicyclic amines) is 1. The van der Waals surface area contributed by atoms with Crippen molar-refractivity contribution in [3.63, 3.8) is 0 Å². The first-order valence-electron chi connectivity index (χ1n) is 15.2. The number of piperidine rings is 1. The molecule has 2 aromatic carbocycles. The first-order valence-corrected chi connectivity index (χ1v) is 15.2. The first kappa shape index (κ1) is 26.9. The number of carbonyl (C=O) groups is 2. The van der Waals surface area contributed by atoms with E-state index in [9.17, 15) is 9.59 Å². The van der Waals surface area contributed by atoms with Crippen molar-refractivity contribution in [3.05, 3.63) is 58.9 Å². The maximum atomic E-state index is 14.1. The van der Waals surface area contributed by atoms with Crippen molar-refractivity contribution in [1.29, 1.82) is 0 Å². The number of para-hydroxylation sites is 1. The van der Waals surface area contributed by atoms with E-state index < -0.39 is 0 Å². The first-order chi connectivity index (χ1) is 19.4. The number of aromatic amines is 1. The number of aromatic nitrogens is 2. The molecule has 2 fully saturated rings. The lowest BCUT2D eigenvalue weighted by atomic mass is 9.72. The van der Waals surface area contributed by atoms with Crippen molar-refractivity contribution >= 4 is 22.8 Å². The predicted molar refractivity (Wildman–Crippen MR) is 156 cm³/mol. The van der Waals surface area contributed by atoms with Crippen LogP contribution in [0.5, 0.6) is 5.75 Å². The van der Waals surface area contributed by atoms with Crippen LogP contribution < -0.4 is 4.74 Å². The fourth-order valence-electron chi connectivity index (χ4n) is 7.18. The Labute approximate surface area is 237 Å². The average Bonchev–Trinajstić information content (AvgIpc) is 3.60. The second kappa shape index (κ2) is 11.3. The number of benzene rings is 2. The zero-order valence-electron chi connectivity index (χ0n) is 24.0. The third kappa shape index (κ3) is 5.35. The van der Waals surface area contributed by atoms with Crippen LogP contribution in [0.4, 0.5) is 0 Å². The molecule has 212 valence electrons. The average molecular weight is 543 g/mol. The van der Waals surface area contributed by atoms with Gasteiger partial charge in [0.05, 0.1) is 22.5 Å². The fourth-order valence-corrected chi connectivity index (χ4v) is 7.18. The second-order valence-corrected chi connectivity index (χ2v) is 12.2. The summed E-state index contributed by atoms with van der Waals surface area (Å²) in [6.45, 7) is 6.85. The summed E-state index contributed by atoms with van der Waals surface area (Å²) in [5.41, 5.74) is 5.29. The van der Waals surface area contributed by atoms with E-state index in [2.05, 4.69) is 54.1 Å². The van der Waals surface area contributed by atoms with Crippen molar-refractivity contribution in [2.75, 3.05) is 26.2 Å². The standard InChI is InChI=1S/C33H42N4O3/c1-23-20-24(2)31-27(21-23)34-29(35-31)12-13-30(38)36-18-15-33(16-19-36)14-6-5-9-25-8-3-4-11-28(25)40-22-26-10-7-17-37(26)32(33)39/h3-4,8,11,20-21,26H,5-7,9-10,12-19,22H2,1-2H3,(H,34,35)/t26-/m0/s1. The van der Waals surface area contributed by atoms with Crippen LogP contribution in [0.25, 0.3) is 11.0 Å². The number of nitrogens with one attached hydrogen (secondary N) is 1. The SMILES string of the molecule is Cc1cc(C)c2nc(CCC(=O)N3CCC4(CCCCc5ccccc5OC[C@@H]5CCCN5C4=O)CC3)[nH]c2c1. The Morgan fingerprint density at radius 1 is 1.07 bits per heavy atom. The molecule has 3 aliphatic rings. The number of hydrogen-bond acceptors (Lipinski definition) is 4. The minimum atomic E-state index is -0.369. The van der Waals surface area contributed by atoms with E-state index >= 15 is 0 Å². The zero-order chi connectivity index (χ0) is 27.7. The normalized spacial score (nSPS) is 21.4. The van der Waals surface area contributed by atoms with Crippen LogP contribution in [0.2, 0.25) is 0 Å². The summed E-state index contributed by atoms with van der Waals surface area (Å²) in [5, 5.41) is 0. The Hall–Kier alpha value is -3.35. The molecular weight excluding hydrogens is 500 g/mol. The molecule has 7 heteroatoms. The van der Waals surface area contributed by atoms with Crippen LogP contribution in [0, 0.1) is 19.3 Å². The van der Waals surface area contributed by atoms with Gasteiger partial charge >= 0.3 is 0 Å². The second-order valence-electron chi connectivity index (χ2n) is 12.2. The maximum absolute atomic E-state index is 14.1. The molecule has 1 aromatic heterocycles. The molecule has 7 nitrogen and oxygen atoms in total. The largest absolute Gasteiger partial charge is 0.491 e. The molecule has 1 atom stereocenters. The summed E-state index contributed by atoms with van der Waals surface area (Å²) in [6, 6.07) is 12.7. The van der Waals surface area contributed by atoms with Gasteiger partial charge in [-0.15, -0.1) is 0 Å². The molecule has 0 unspecified atom stereocenters. The van der Waals surface area contributed by atoms with E-state index in [0.717, 1.165) is 86.1 Å². The van der Waals surface area contributed by atoms with Gasteiger partial charge in [0.25, 0.3) is 0 Å². The Balaban J connectivity index is 1.11. The molecule has 1 N–H and O–H groups in total. The van der Waals surface area contributed by atoms with Crippen molar-refractivity contribution in [1.82, 2.24) is 19.8 Å². The van der Waals surface area contributed by atoms with Crippen molar-refractivity contribution in [2.45, 2.75) is 84.1 Å². The maximum Gasteiger partial charge on any atom is 0.229 e. The third-order valence-corrected chi connectivity index (χ3v) is 9.47. The van der Waals surface area contributed by atoms with Gasteiger partial charge in [-0.05, 0) is 87.6 Å². The number of amides is 2. The molecule has 0 bridgehead atoms. The van der Waals surface area contributed by atoms with Gasteiger partial charge in [0.2, 0.25) is 11.8 Å². The van der Waals surface area contributed by atoms with Crippen LogP contribution in [0.15, 0.2) is 36.4 Å². The quantitative estimate of drug-likeness (QED) is 0.473. The molecule has 1 spiro atoms. The Kier molecular flexibility index (Phi) is 7.56. The summed E-state index contributed by atoms with van der Waals surface area (Å²) < 4.78 is 6.29. The van der Waals surface area contributed by atoms with Crippen molar-refractivity contribution < 1.29 is 14.3 Å². The summed E-state index contributed by atoms with van der Waals surface area (Å²) in [7, 11) is 0. The molecule has 6 rings (SSSR count). The number of aryl methyl sites for hydroxylation is 4. The van der Waals surface area contributed by atoms with Gasteiger partial charge in [-0.2, -0.15) is 0 Å². The molecule has 40 heavy (non-hydrogen) atoms. The molecule has 0 saturated carbocycles. The van der Waals surface area contributed by atoms with Gasteiger partial charge in [0, 0.05) is 32.5 Å². The van der Waals surface area contributed by atoms with E-state index in [1.54, 1.807) is 0 Å². The highest BCUT2D eigenvalue weighted by atomic mass is 16.5. The van der Waals surface area contributed by atoms with E-state index in [1.807, 2.05) is 11.0 Å².